The fourth-order valence-electron chi connectivity index (χ4n) is 3.91. The second-order valence-corrected chi connectivity index (χ2v) is 6.26. The van der Waals surface area contributed by atoms with Gasteiger partial charge in [-0.15, -0.1) is 0 Å². The Hall–Kier alpha value is -1.09. The van der Waals surface area contributed by atoms with E-state index in [4.69, 9.17) is 5.73 Å². The highest BCUT2D eigenvalue weighted by Crippen LogP contribution is 2.39. The summed E-state index contributed by atoms with van der Waals surface area (Å²) in [7, 11) is 0. The van der Waals surface area contributed by atoms with Crippen LogP contribution in [0.4, 0.5) is 5.82 Å². The Bertz CT molecular complexity index is 430. The SMILES string of the molecule is CC(N)Cc1cccnc1N1CCCC2CCCC21. The summed E-state index contributed by atoms with van der Waals surface area (Å²) in [4.78, 5) is 7.27. The fraction of sp³-hybridized carbons (Fsp3) is 0.688. The van der Waals surface area contributed by atoms with Gasteiger partial charge in [0, 0.05) is 24.8 Å². The maximum atomic E-state index is 5.98. The van der Waals surface area contributed by atoms with Crippen molar-refractivity contribution in [2.75, 3.05) is 11.4 Å². The van der Waals surface area contributed by atoms with Gasteiger partial charge in [-0.05, 0) is 56.6 Å². The molecule has 2 heterocycles. The molecule has 0 radical (unpaired) electrons. The van der Waals surface area contributed by atoms with Crippen LogP contribution >= 0.6 is 0 Å². The smallest absolute Gasteiger partial charge is 0.132 e. The van der Waals surface area contributed by atoms with Crippen LogP contribution in [0.1, 0.15) is 44.6 Å². The zero-order chi connectivity index (χ0) is 13.2. The molecule has 19 heavy (non-hydrogen) atoms. The molecule has 0 amide bonds. The predicted molar refractivity (Wildman–Crippen MR) is 79.3 cm³/mol. The number of hydrogen-bond acceptors (Lipinski definition) is 3. The normalized spacial score (nSPS) is 28.2. The van der Waals surface area contributed by atoms with Gasteiger partial charge >= 0.3 is 0 Å². The molecule has 3 heteroatoms. The van der Waals surface area contributed by atoms with E-state index in [0.717, 1.165) is 18.4 Å². The number of anilines is 1. The predicted octanol–water partition coefficient (Wildman–Crippen LogP) is 2.74. The third-order valence-corrected chi connectivity index (χ3v) is 4.67. The zero-order valence-electron chi connectivity index (χ0n) is 11.9. The lowest BCUT2D eigenvalue weighted by atomic mass is 9.91. The average Bonchev–Trinajstić information content (AvgIpc) is 2.87. The Morgan fingerprint density at radius 2 is 2.21 bits per heavy atom. The molecule has 1 aliphatic heterocycles. The van der Waals surface area contributed by atoms with Crippen molar-refractivity contribution in [1.82, 2.24) is 4.98 Å². The second kappa shape index (κ2) is 5.49. The molecule has 3 nitrogen and oxygen atoms in total. The molecule has 2 N–H and O–H groups in total. The second-order valence-electron chi connectivity index (χ2n) is 6.26. The first-order valence-corrected chi connectivity index (χ1v) is 7.72. The summed E-state index contributed by atoms with van der Waals surface area (Å²) < 4.78 is 0. The van der Waals surface area contributed by atoms with Crippen LogP contribution in [0.2, 0.25) is 0 Å². The lowest BCUT2D eigenvalue weighted by Gasteiger charge is -2.39. The van der Waals surface area contributed by atoms with Gasteiger partial charge in [0.25, 0.3) is 0 Å². The molecule has 1 saturated heterocycles. The number of aromatic nitrogens is 1. The van der Waals surface area contributed by atoms with E-state index >= 15 is 0 Å². The van der Waals surface area contributed by atoms with E-state index in [1.165, 1.54) is 50.0 Å². The minimum atomic E-state index is 0.201. The summed E-state index contributed by atoms with van der Waals surface area (Å²) in [6, 6.07) is 5.17. The lowest BCUT2D eigenvalue weighted by Crippen LogP contribution is -2.43. The quantitative estimate of drug-likeness (QED) is 0.907. The van der Waals surface area contributed by atoms with E-state index < -0.39 is 0 Å². The number of fused-ring (bicyclic) bond motifs is 1. The zero-order valence-corrected chi connectivity index (χ0v) is 11.9. The molecule has 1 aliphatic carbocycles. The number of rotatable bonds is 3. The van der Waals surface area contributed by atoms with Crippen molar-refractivity contribution in [3.8, 4) is 0 Å². The molecule has 0 bridgehead atoms. The van der Waals surface area contributed by atoms with Crippen LogP contribution in [0.25, 0.3) is 0 Å². The van der Waals surface area contributed by atoms with E-state index in [2.05, 4.69) is 22.9 Å². The summed E-state index contributed by atoms with van der Waals surface area (Å²) in [6.07, 6.45) is 9.73. The van der Waals surface area contributed by atoms with Crippen LogP contribution in [0.3, 0.4) is 0 Å². The third-order valence-electron chi connectivity index (χ3n) is 4.67. The van der Waals surface area contributed by atoms with Crippen molar-refractivity contribution in [1.29, 1.82) is 0 Å². The number of hydrogen-bond donors (Lipinski definition) is 1. The van der Waals surface area contributed by atoms with E-state index in [0.29, 0.717) is 0 Å². The Kier molecular flexibility index (Phi) is 3.74. The number of nitrogens with two attached hydrogens (primary N) is 1. The first-order chi connectivity index (χ1) is 9.25. The minimum absolute atomic E-state index is 0.201. The molecule has 3 unspecified atom stereocenters. The van der Waals surface area contributed by atoms with Gasteiger partial charge in [0.05, 0.1) is 0 Å². The largest absolute Gasteiger partial charge is 0.353 e. The molecule has 1 aromatic rings. The Morgan fingerprint density at radius 3 is 3.05 bits per heavy atom. The molecular weight excluding hydrogens is 234 g/mol. The Labute approximate surface area is 116 Å². The topological polar surface area (TPSA) is 42.1 Å². The van der Waals surface area contributed by atoms with Crippen LogP contribution in [-0.4, -0.2) is 23.6 Å². The fourth-order valence-corrected chi connectivity index (χ4v) is 3.91. The number of pyridine rings is 1. The van der Waals surface area contributed by atoms with E-state index in [-0.39, 0.29) is 6.04 Å². The minimum Gasteiger partial charge on any atom is -0.353 e. The third kappa shape index (κ3) is 2.62. The number of piperidine rings is 1. The molecule has 104 valence electrons. The van der Waals surface area contributed by atoms with Crippen molar-refractivity contribution >= 4 is 5.82 Å². The van der Waals surface area contributed by atoms with Crippen LogP contribution < -0.4 is 10.6 Å². The molecule has 1 aromatic heterocycles. The maximum absolute atomic E-state index is 5.98. The molecular formula is C16H25N3. The summed E-state index contributed by atoms with van der Waals surface area (Å²) in [5.74, 6) is 2.11. The van der Waals surface area contributed by atoms with Crippen LogP contribution in [0.15, 0.2) is 18.3 Å². The van der Waals surface area contributed by atoms with Crippen molar-refractivity contribution in [2.45, 2.75) is 57.5 Å². The Balaban J connectivity index is 1.88. The first kappa shape index (κ1) is 12.9. The lowest BCUT2D eigenvalue weighted by molar-refractivity contribution is 0.360. The summed E-state index contributed by atoms with van der Waals surface area (Å²) >= 11 is 0. The van der Waals surface area contributed by atoms with Gasteiger partial charge in [-0.2, -0.15) is 0 Å². The monoisotopic (exact) mass is 259 g/mol. The molecule has 1 saturated carbocycles. The van der Waals surface area contributed by atoms with Crippen molar-refractivity contribution in [3.05, 3.63) is 23.9 Å². The molecule has 2 aliphatic rings. The average molecular weight is 259 g/mol. The standard InChI is InChI=1S/C16H25N3/c1-12(17)11-14-6-3-9-18-16(14)19-10-4-7-13-5-2-8-15(13)19/h3,6,9,12-13,15H,2,4-5,7-8,10-11,17H2,1H3. The van der Waals surface area contributed by atoms with Gasteiger partial charge in [0.15, 0.2) is 0 Å². The summed E-state index contributed by atoms with van der Waals surface area (Å²) in [5, 5.41) is 0. The van der Waals surface area contributed by atoms with E-state index in [1.54, 1.807) is 0 Å². The van der Waals surface area contributed by atoms with Crippen LogP contribution in [0, 0.1) is 5.92 Å². The molecule has 3 atom stereocenters. The highest BCUT2D eigenvalue weighted by Gasteiger charge is 2.36. The highest BCUT2D eigenvalue weighted by atomic mass is 15.2. The summed E-state index contributed by atoms with van der Waals surface area (Å²) in [5.41, 5.74) is 7.31. The van der Waals surface area contributed by atoms with Gasteiger partial charge in [-0.3, -0.25) is 0 Å². The van der Waals surface area contributed by atoms with Crippen molar-refractivity contribution in [2.24, 2.45) is 11.7 Å². The van der Waals surface area contributed by atoms with E-state index in [9.17, 15) is 0 Å². The van der Waals surface area contributed by atoms with Crippen LogP contribution in [0.5, 0.6) is 0 Å². The van der Waals surface area contributed by atoms with Crippen molar-refractivity contribution < 1.29 is 0 Å². The number of nitrogens with zero attached hydrogens (tertiary/aromatic N) is 2. The van der Waals surface area contributed by atoms with E-state index in [1.807, 2.05) is 12.3 Å². The Morgan fingerprint density at radius 1 is 1.37 bits per heavy atom. The molecule has 3 rings (SSSR count). The van der Waals surface area contributed by atoms with Gasteiger partial charge < -0.3 is 10.6 Å². The van der Waals surface area contributed by atoms with Gasteiger partial charge in [-0.25, -0.2) is 4.98 Å². The van der Waals surface area contributed by atoms with Crippen molar-refractivity contribution in [3.63, 3.8) is 0 Å². The van der Waals surface area contributed by atoms with Gasteiger partial charge in [0.2, 0.25) is 0 Å². The van der Waals surface area contributed by atoms with Gasteiger partial charge in [-0.1, -0.05) is 12.5 Å². The molecule has 0 spiro atoms. The van der Waals surface area contributed by atoms with Crippen LogP contribution in [-0.2, 0) is 6.42 Å². The molecule has 2 fully saturated rings. The first-order valence-electron chi connectivity index (χ1n) is 7.72. The summed E-state index contributed by atoms with van der Waals surface area (Å²) in [6.45, 7) is 3.25. The molecule has 0 aromatic carbocycles. The van der Waals surface area contributed by atoms with Gasteiger partial charge in [0.1, 0.15) is 5.82 Å². The highest BCUT2D eigenvalue weighted by molar-refractivity contribution is 5.49. The maximum Gasteiger partial charge on any atom is 0.132 e.